The normalized spacial score (nSPS) is 14.4. The first-order chi connectivity index (χ1) is 6.04. The van der Waals surface area contributed by atoms with Gasteiger partial charge in [0.05, 0.1) is 12.1 Å². The molecule has 14 heavy (non-hydrogen) atoms. The predicted molar refractivity (Wildman–Crippen MR) is 62.0 cm³/mol. The van der Waals surface area contributed by atoms with Crippen molar-refractivity contribution in [2.24, 2.45) is 5.73 Å². The second kappa shape index (κ2) is 5.56. The largest absolute Gasteiger partial charge is 0.391 e. The van der Waals surface area contributed by atoms with Gasteiger partial charge >= 0.3 is 0 Å². The van der Waals surface area contributed by atoms with Crippen LogP contribution in [0.3, 0.4) is 0 Å². The van der Waals surface area contributed by atoms with Gasteiger partial charge in [0.25, 0.3) is 0 Å². The van der Waals surface area contributed by atoms with Gasteiger partial charge in [-0.2, -0.15) is 0 Å². The van der Waals surface area contributed by atoms with Gasteiger partial charge in [0, 0.05) is 5.02 Å². The minimum atomic E-state index is -0.585. The number of halogens is 2. The molecular weight excluding hydrogens is 221 g/mol. The third-order valence-corrected chi connectivity index (χ3v) is 2.45. The lowest BCUT2D eigenvalue weighted by molar-refractivity contribution is 0.164. The van der Waals surface area contributed by atoms with Crippen LogP contribution in [0.1, 0.15) is 24.1 Å². The summed E-state index contributed by atoms with van der Waals surface area (Å²) in [5, 5.41) is 9.96. The molecular formula is C10H15Cl2NO. The van der Waals surface area contributed by atoms with Gasteiger partial charge in [-0.3, -0.25) is 0 Å². The molecule has 0 amide bonds. The monoisotopic (exact) mass is 235 g/mol. The Kier molecular flexibility index (Phi) is 5.45. The summed E-state index contributed by atoms with van der Waals surface area (Å²) in [6.45, 7) is 3.59. The summed E-state index contributed by atoms with van der Waals surface area (Å²) >= 11 is 5.98. The van der Waals surface area contributed by atoms with Crippen LogP contribution in [0, 0.1) is 6.92 Å². The average Bonchev–Trinajstić information content (AvgIpc) is 2.03. The zero-order valence-corrected chi connectivity index (χ0v) is 9.77. The van der Waals surface area contributed by atoms with Crippen molar-refractivity contribution >= 4 is 24.0 Å². The highest BCUT2D eigenvalue weighted by atomic mass is 35.5. The highest BCUT2D eigenvalue weighted by molar-refractivity contribution is 6.31. The molecule has 0 aromatic heterocycles. The minimum absolute atomic E-state index is 0. The van der Waals surface area contributed by atoms with Gasteiger partial charge in [0.1, 0.15) is 0 Å². The van der Waals surface area contributed by atoms with Crippen LogP contribution >= 0.6 is 24.0 Å². The Morgan fingerprint density at radius 2 is 2.00 bits per heavy atom. The Bertz CT molecular complexity index is 282. The molecule has 0 unspecified atom stereocenters. The van der Waals surface area contributed by atoms with Crippen LogP contribution in [0.25, 0.3) is 0 Å². The summed E-state index contributed by atoms with van der Waals surface area (Å²) in [5.41, 5.74) is 7.65. The van der Waals surface area contributed by atoms with E-state index in [9.17, 15) is 5.11 Å². The molecule has 3 N–H and O–H groups in total. The van der Waals surface area contributed by atoms with Gasteiger partial charge in [-0.25, -0.2) is 0 Å². The number of rotatable bonds is 2. The topological polar surface area (TPSA) is 46.2 Å². The van der Waals surface area contributed by atoms with E-state index in [-0.39, 0.29) is 12.4 Å². The third kappa shape index (κ3) is 2.85. The maximum absolute atomic E-state index is 9.34. The summed E-state index contributed by atoms with van der Waals surface area (Å²) in [6.07, 6.45) is -0.585. The molecule has 0 radical (unpaired) electrons. The Labute approximate surface area is 95.5 Å². The quantitative estimate of drug-likeness (QED) is 0.828. The van der Waals surface area contributed by atoms with Crippen LogP contribution in [-0.4, -0.2) is 11.2 Å². The van der Waals surface area contributed by atoms with Crippen molar-refractivity contribution in [2.75, 3.05) is 0 Å². The van der Waals surface area contributed by atoms with Crippen molar-refractivity contribution in [3.05, 3.63) is 34.3 Å². The number of aliphatic hydroxyl groups excluding tert-OH is 1. The van der Waals surface area contributed by atoms with Crippen molar-refractivity contribution < 1.29 is 5.11 Å². The van der Waals surface area contributed by atoms with Crippen molar-refractivity contribution in [1.82, 2.24) is 0 Å². The van der Waals surface area contributed by atoms with Gasteiger partial charge in [-0.1, -0.05) is 23.7 Å². The Balaban J connectivity index is 0.00000169. The van der Waals surface area contributed by atoms with Gasteiger partial charge < -0.3 is 10.8 Å². The molecule has 0 aliphatic heterocycles. The summed E-state index contributed by atoms with van der Waals surface area (Å²) in [7, 11) is 0. The van der Waals surface area contributed by atoms with E-state index in [1.165, 1.54) is 0 Å². The van der Waals surface area contributed by atoms with E-state index in [1.807, 2.05) is 19.1 Å². The zero-order valence-electron chi connectivity index (χ0n) is 8.20. The number of nitrogens with two attached hydrogens (primary N) is 1. The van der Waals surface area contributed by atoms with Gasteiger partial charge in [-0.15, -0.1) is 12.4 Å². The van der Waals surface area contributed by atoms with Crippen LogP contribution in [0.4, 0.5) is 0 Å². The molecule has 1 aromatic carbocycles. The van der Waals surface area contributed by atoms with E-state index in [1.54, 1.807) is 13.0 Å². The van der Waals surface area contributed by atoms with Crippen LogP contribution < -0.4 is 5.73 Å². The number of aryl methyl sites for hydroxylation is 1. The van der Waals surface area contributed by atoms with Crippen LogP contribution in [0.5, 0.6) is 0 Å². The van der Waals surface area contributed by atoms with Gasteiger partial charge in [0.2, 0.25) is 0 Å². The second-order valence-corrected chi connectivity index (χ2v) is 3.64. The van der Waals surface area contributed by atoms with Crippen molar-refractivity contribution in [2.45, 2.75) is 26.0 Å². The minimum Gasteiger partial charge on any atom is -0.391 e. The molecule has 0 heterocycles. The van der Waals surface area contributed by atoms with Crippen LogP contribution in [-0.2, 0) is 0 Å². The fourth-order valence-electron chi connectivity index (χ4n) is 1.31. The molecule has 0 aliphatic carbocycles. The number of aliphatic hydroxyl groups is 1. The first-order valence-electron chi connectivity index (χ1n) is 4.22. The highest BCUT2D eigenvalue weighted by Gasteiger charge is 2.16. The highest BCUT2D eigenvalue weighted by Crippen LogP contribution is 2.26. The Morgan fingerprint density at radius 3 is 2.43 bits per heavy atom. The molecule has 2 atom stereocenters. The van der Waals surface area contributed by atoms with Crippen molar-refractivity contribution in [3.8, 4) is 0 Å². The van der Waals surface area contributed by atoms with E-state index in [0.717, 1.165) is 11.1 Å². The number of hydrogen-bond donors (Lipinski definition) is 2. The maximum Gasteiger partial charge on any atom is 0.0705 e. The summed E-state index contributed by atoms with van der Waals surface area (Å²) in [6, 6.07) is 5.18. The van der Waals surface area contributed by atoms with E-state index in [4.69, 9.17) is 17.3 Å². The molecule has 0 aliphatic rings. The van der Waals surface area contributed by atoms with Crippen molar-refractivity contribution in [1.29, 1.82) is 0 Å². The standard InChI is InChI=1S/C10H14ClNO.ClH/c1-6-4-3-5-8(11)9(6)10(12)7(2)13;/h3-5,7,10,13H,12H2,1-2H3;1H/t7-,10-;/m1./s1. The smallest absolute Gasteiger partial charge is 0.0705 e. The molecule has 80 valence electrons. The summed E-state index contributed by atoms with van der Waals surface area (Å²) in [4.78, 5) is 0. The van der Waals surface area contributed by atoms with Gasteiger partial charge in [0.15, 0.2) is 0 Å². The zero-order chi connectivity index (χ0) is 10.0. The molecule has 1 aromatic rings. The van der Waals surface area contributed by atoms with E-state index < -0.39 is 12.1 Å². The molecule has 4 heteroatoms. The molecule has 0 fully saturated rings. The molecule has 1 rings (SSSR count). The fourth-order valence-corrected chi connectivity index (χ4v) is 1.66. The van der Waals surface area contributed by atoms with Crippen LogP contribution in [0.15, 0.2) is 18.2 Å². The van der Waals surface area contributed by atoms with E-state index in [2.05, 4.69) is 0 Å². The predicted octanol–water partition coefficient (Wildman–Crippen LogP) is 2.45. The lowest BCUT2D eigenvalue weighted by Gasteiger charge is -2.18. The van der Waals surface area contributed by atoms with Crippen molar-refractivity contribution in [3.63, 3.8) is 0 Å². The molecule has 0 saturated carbocycles. The Hall–Kier alpha value is -0.280. The Morgan fingerprint density at radius 1 is 1.43 bits per heavy atom. The van der Waals surface area contributed by atoms with E-state index in [0.29, 0.717) is 5.02 Å². The maximum atomic E-state index is 9.34. The lowest BCUT2D eigenvalue weighted by Crippen LogP contribution is -2.24. The molecule has 0 spiro atoms. The molecule has 2 nitrogen and oxygen atoms in total. The van der Waals surface area contributed by atoms with Crippen LogP contribution in [0.2, 0.25) is 5.02 Å². The van der Waals surface area contributed by atoms with E-state index >= 15 is 0 Å². The fraction of sp³-hybridized carbons (Fsp3) is 0.400. The SMILES string of the molecule is Cc1cccc(Cl)c1[C@H](N)[C@@H](C)O.Cl. The number of hydrogen-bond acceptors (Lipinski definition) is 2. The third-order valence-electron chi connectivity index (χ3n) is 2.12. The van der Waals surface area contributed by atoms with Gasteiger partial charge in [-0.05, 0) is 31.0 Å². The average molecular weight is 236 g/mol. The first kappa shape index (κ1) is 13.7. The second-order valence-electron chi connectivity index (χ2n) is 3.24. The number of benzene rings is 1. The lowest BCUT2D eigenvalue weighted by atomic mass is 9.98. The molecule has 0 bridgehead atoms. The first-order valence-corrected chi connectivity index (χ1v) is 4.60. The molecule has 0 saturated heterocycles. The summed E-state index contributed by atoms with van der Waals surface area (Å²) in [5.74, 6) is 0. The summed E-state index contributed by atoms with van der Waals surface area (Å²) < 4.78 is 0.